The van der Waals surface area contributed by atoms with Crippen molar-refractivity contribution in [2.45, 2.75) is 38.1 Å². The first kappa shape index (κ1) is 26.2. The highest BCUT2D eigenvalue weighted by atomic mass is 19.3. The number of carbonyl (C=O) groups excluding carboxylic acids is 3. The minimum absolute atomic E-state index is 0.0132. The van der Waals surface area contributed by atoms with Gasteiger partial charge >= 0.3 is 6.61 Å². The van der Waals surface area contributed by atoms with Crippen molar-refractivity contribution in [3.05, 3.63) is 95.6 Å². The van der Waals surface area contributed by atoms with Gasteiger partial charge in [-0.3, -0.25) is 19.4 Å². The van der Waals surface area contributed by atoms with E-state index in [1.54, 1.807) is 36.4 Å². The fourth-order valence-corrected chi connectivity index (χ4v) is 5.19. The standard InChI is InChI=1S/C29H24F2N6O4/c1-17-7-11-20(12-8-17)36-27(39)25-26(28(36)40)35(34-32-25)16-24(38)37-23(19-5-3-2-4-6-19)15-22(33-37)18-9-13-21(14-10-18)41-29(30)31/h2-14,23,25-26,29H,15-16H2,1H3. The van der Waals surface area contributed by atoms with Gasteiger partial charge in [0, 0.05) is 6.42 Å². The summed E-state index contributed by atoms with van der Waals surface area (Å²) in [5.41, 5.74) is 3.49. The maximum absolute atomic E-state index is 13.7. The molecule has 0 radical (unpaired) electrons. The van der Waals surface area contributed by atoms with Crippen LogP contribution in [0.1, 0.15) is 29.2 Å². The number of rotatable bonds is 7. The number of amides is 3. The Hall–Kier alpha value is -5.00. The smallest absolute Gasteiger partial charge is 0.387 e. The Balaban J connectivity index is 1.23. The minimum atomic E-state index is -2.94. The molecule has 0 aliphatic carbocycles. The summed E-state index contributed by atoms with van der Waals surface area (Å²) in [5, 5.41) is 15.2. The van der Waals surface area contributed by atoms with Crippen molar-refractivity contribution in [3.63, 3.8) is 0 Å². The molecule has 1 fully saturated rings. The topological polar surface area (TPSA) is 107 Å². The number of hydrazone groups is 1. The van der Waals surface area contributed by atoms with Crippen molar-refractivity contribution >= 4 is 29.1 Å². The number of anilines is 1. The quantitative estimate of drug-likeness (QED) is 0.403. The number of benzene rings is 3. The third-order valence-electron chi connectivity index (χ3n) is 7.21. The van der Waals surface area contributed by atoms with E-state index < -0.39 is 42.5 Å². The van der Waals surface area contributed by atoms with Crippen LogP contribution >= 0.6 is 0 Å². The van der Waals surface area contributed by atoms with E-state index in [-0.39, 0.29) is 12.3 Å². The first-order chi connectivity index (χ1) is 19.8. The van der Waals surface area contributed by atoms with Gasteiger partial charge in [0.05, 0.1) is 17.4 Å². The highest BCUT2D eigenvalue weighted by Gasteiger charge is 2.55. The Morgan fingerprint density at radius 3 is 2.37 bits per heavy atom. The molecule has 10 nitrogen and oxygen atoms in total. The lowest BCUT2D eigenvalue weighted by Crippen LogP contribution is -2.44. The van der Waals surface area contributed by atoms with E-state index in [0.29, 0.717) is 23.4 Å². The normalized spacial score (nSPS) is 21.6. The summed E-state index contributed by atoms with van der Waals surface area (Å²) >= 11 is 0. The molecule has 0 saturated carbocycles. The molecule has 3 aromatic carbocycles. The van der Waals surface area contributed by atoms with E-state index in [1.165, 1.54) is 22.2 Å². The van der Waals surface area contributed by atoms with Crippen molar-refractivity contribution < 1.29 is 27.9 Å². The second-order valence-electron chi connectivity index (χ2n) is 9.86. The van der Waals surface area contributed by atoms with Gasteiger partial charge < -0.3 is 4.74 Å². The molecule has 0 bridgehead atoms. The maximum Gasteiger partial charge on any atom is 0.387 e. The number of imide groups is 1. The summed E-state index contributed by atoms with van der Waals surface area (Å²) in [6.45, 7) is -1.36. The van der Waals surface area contributed by atoms with Crippen molar-refractivity contribution in [3.8, 4) is 5.75 Å². The second-order valence-corrected chi connectivity index (χ2v) is 9.86. The van der Waals surface area contributed by atoms with E-state index in [9.17, 15) is 23.2 Å². The van der Waals surface area contributed by atoms with Crippen molar-refractivity contribution in [1.29, 1.82) is 0 Å². The number of halogens is 2. The van der Waals surface area contributed by atoms with Crippen LogP contribution in [0.4, 0.5) is 14.5 Å². The van der Waals surface area contributed by atoms with Crippen molar-refractivity contribution in [2.24, 2.45) is 15.4 Å². The zero-order chi connectivity index (χ0) is 28.7. The molecule has 3 amide bonds. The number of alkyl halides is 2. The monoisotopic (exact) mass is 558 g/mol. The number of hydrogen-bond acceptors (Lipinski definition) is 8. The number of ether oxygens (including phenoxy) is 1. The second kappa shape index (κ2) is 10.5. The van der Waals surface area contributed by atoms with E-state index in [0.717, 1.165) is 16.0 Å². The van der Waals surface area contributed by atoms with Crippen LogP contribution in [0, 0.1) is 6.92 Å². The Labute approximate surface area is 233 Å². The largest absolute Gasteiger partial charge is 0.435 e. The van der Waals surface area contributed by atoms with Gasteiger partial charge in [0.25, 0.3) is 17.7 Å². The van der Waals surface area contributed by atoms with Crippen LogP contribution in [-0.2, 0) is 14.4 Å². The highest BCUT2D eigenvalue weighted by Crippen LogP contribution is 2.35. The summed E-state index contributed by atoms with van der Waals surface area (Å²) in [4.78, 5) is 41.1. The molecule has 3 aromatic rings. The molecule has 1 saturated heterocycles. The zero-order valence-corrected chi connectivity index (χ0v) is 21.8. The van der Waals surface area contributed by atoms with Crippen LogP contribution < -0.4 is 9.64 Å². The predicted octanol–water partition coefficient (Wildman–Crippen LogP) is 4.27. The summed E-state index contributed by atoms with van der Waals surface area (Å²) in [6, 6.07) is 19.9. The summed E-state index contributed by atoms with van der Waals surface area (Å²) < 4.78 is 29.6. The fraction of sp³-hybridized carbons (Fsp3) is 0.241. The molecule has 0 aromatic heterocycles. The lowest BCUT2D eigenvalue weighted by molar-refractivity contribution is -0.135. The van der Waals surface area contributed by atoms with Crippen molar-refractivity contribution in [2.75, 3.05) is 11.4 Å². The molecule has 208 valence electrons. The molecule has 12 heteroatoms. The zero-order valence-electron chi connectivity index (χ0n) is 21.8. The third kappa shape index (κ3) is 4.92. The molecule has 3 atom stereocenters. The first-order valence-electron chi connectivity index (χ1n) is 12.9. The molecular formula is C29H24F2N6O4. The van der Waals surface area contributed by atoms with Crippen LogP contribution in [0.15, 0.2) is 94.3 Å². The molecule has 3 heterocycles. The molecule has 3 unspecified atom stereocenters. The number of fused-ring (bicyclic) bond motifs is 1. The lowest BCUT2D eigenvalue weighted by atomic mass is 9.98. The molecule has 3 aliphatic heterocycles. The van der Waals surface area contributed by atoms with Crippen LogP contribution in [0.3, 0.4) is 0 Å². The predicted molar refractivity (Wildman–Crippen MR) is 143 cm³/mol. The lowest BCUT2D eigenvalue weighted by Gasteiger charge is -2.25. The molecule has 3 aliphatic rings. The highest BCUT2D eigenvalue weighted by molar-refractivity contribution is 6.25. The van der Waals surface area contributed by atoms with E-state index in [4.69, 9.17) is 0 Å². The Morgan fingerprint density at radius 2 is 1.68 bits per heavy atom. The summed E-state index contributed by atoms with van der Waals surface area (Å²) in [5.74, 6) is -1.43. The Kier molecular flexibility index (Phi) is 6.73. The van der Waals surface area contributed by atoms with Gasteiger partial charge in [0.15, 0.2) is 12.1 Å². The third-order valence-corrected chi connectivity index (χ3v) is 7.21. The van der Waals surface area contributed by atoms with Gasteiger partial charge in [-0.25, -0.2) is 9.91 Å². The van der Waals surface area contributed by atoms with Crippen LogP contribution in [0.2, 0.25) is 0 Å². The molecule has 41 heavy (non-hydrogen) atoms. The SMILES string of the molecule is Cc1ccc(N2C(=O)C3N=NN(CC(=O)N4N=C(c5ccc(OC(F)F)cc5)CC4c4ccccc4)C3C2=O)cc1. The van der Waals surface area contributed by atoms with Gasteiger partial charge in [-0.2, -0.15) is 19.0 Å². The maximum atomic E-state index is 13.7. The van der Waals surface area contributed by atoms with Gasteiger partial charge in [-0.1, -0.05) is 53.3 Å². The van der Waals surface area contributed by atoms with Crippen LogP contribution in [0.5, 0.6) is 5.75 Å². The van der Waals surface area contributed by atoms with Gasteiger partial charge in [-0.15, -0.1) is 0 Å². The van der Waals surface area contributed by atoms with E-state index >= 15 is 0 Å². The van der Waals surface area contributed by atoms with Gasteiger partial charge in [0.1, 0.15) is 12.3 Å². The first-order valence-corrected chi connectivity index (χ1v) is 12.9. The average Bonchev–Trinajstić information content (AvgIpc) is 3.65. The van der Waals surface area contributed by atoms with Gasteiger partial charge in [-0.05, 0) is 54.4 Å². The molecular weight excluding hydrogens is 534 g/mol. The van der Waals surface area contributed by atoms with E-state index in [1.807, 2.05) is 37.3 Å². The van der Waals surface area contributed by atoms with E-state index in [2.05, 4.69) is 20.2 Å². The molecule has 6 rings (SSSR count). The number of aryl methyl sites for hydroxylation is 1. The number of nitrogens with zero attached hydrogens (tertiary/aromatic N) is 6. The molecule has 0 N–H and O–H groups in total. The minimum Gasteiger partial charge on any atom is -0.435 e. The summed E-state index contributed by atoms with van der Waals surface area (Å²) in [7, 11) is 0. The van der Waals surface area contributed by atoms with Crippen LogP contribution in [0.25, 0.3) is 0 Å². The van der Waals surface area contributed by atoms with Crippen molar-refractivity contribution in [1.82, 2.24) is 10.0 Å². The fourth-order valence-electron chi connectivity index (χ4n) is 5.19. The Bertz CT molecular complexity index is 1550. The number of carbonyl (C=O) groups is 3. The number of hydrogen-bond donors (Lipinski definition) is 0. The average molecular weight is 559 g/mol. The van der Waals surface area contributed by atoms with Crippen LogP contribution in [-0.4, -0.2) is 58.7 Å². The molecule has 0 spiro atoms. The Morgan fingerprint density at radius 1 is 0.976 bits per heavy atom. The summed E-state index contributed by atoms with van der Waals surface area (Å²) in [6.07, 6.45) is 0.372. The van der Waals surface area contributed by atoms with Gasteiger partial charge in [0.2, 0.25) is 0 Å².